The number of aliphatic imine (C=N–C) groups is 1. The summed E-state index contributed by atoms with van der Waals surface area (Å²) in [6, 6.07) is 2.01. The third-order valence-electron chi connectivity index (χ3n) is 7.59. The van der Waals surface area contributed by atoms with E-state index >= 15 is 0 Å². The van der Waals surface area contributed by atoms with Crippen molar-refractivity contribution in [2.75, 3.05) is 12.9 Å². The molecule has 2 aliphatic rings. The predicted octanol–water partition coefficient (Wildman–Crippen LogP) is 6.31. The fourth-order valence-corrected chi connectivity index (χ4v) is 7.86. The summed E-state index contributed by atoms with van der Waals surface area (Å²) in [7, 11) is -2.60. The van der Waals surface area contributed by atoms with E-state index in [9.17, 15) is 27.2 Å². The van der Waals surface area contributed by atoms with Gasteiger partial charge in [0.1, 0.15) is 23.1 Å². The molecule has 0 spiro atoms. The fourth-order valence-electron chi connectivity index (χ4n) is 5.67. The van der Waals surface area contributed by atoms with E-state index in [0.29, 0.717) is 36.4 Å². The Kier molecular flexibility index (Phi) is 11.9. The smallest absolute Gasteiger partial charge is 0.416 e. The van der Waals surface area contributed by atoms with E-state index in [4.69, 9.17) is 30.8 Å². The van der Waals surface area contributed by atoms with E-state index in [0.717, 1.165) is 6.07 Å². The molecule has 1 aromatic carbocycles. The van der Waals surface area contributed by atoms with E-state index in [1.807, 2.05) is 0 Å². The van der Waals surface area contributed by atoms with Crippen LogP contribution in [0, 0.1) is 11.7 Å². The lowest BCUT2D eigenvalue weighted by atomic mass is 9.80. The highest BCUT2D eigenvalue weighted by Gasteiger charge is 2.46. The Morgan fingerprint density at radius 1 is 1.06 bits per heavy atom. The molecule has 1 amide bonds. The zero-order valence-corrected chi connectivity index (χ0v) is 30.9. The van der Waals surface area contributed by atoms with Gasteiger partial charge >= 0.3 is 18.0 Å². The molecule has 1 unspecified atom stereocenters. The normalized spacial score (nSPS) is 20.5. The molecular formula is C33H42ClFN4O8S2. The highest BCUT2D eigenvalue weighted by Crippen LogP contribution is 2.45. The molecule has 268 valence electrons. The number of aromatic nitrogens is 1. The van der Waals surface area contributed by atoms with Crippen LogP contribution in [-0.4, -0.2) is 72.3 Å². The molecule has 49 heavy (non-hydrogen) atoms. The van der Waals surface area contributed by atoms with Gasteiger partial charge in [0.2, 0.25) is 10.0 Å². The number of benzene rings is 1. The van der Waals surface area contributed by atoms with Crippen LogP contribution >= 0.6 is 22.9 Å². The summed E-state index contributed by atoms with van der Waals surface area (Å²) in [6.45, 7) is 10.2. The van der Waals surface area contributed by atoms with Gasteiger partial charge in [0.25, 0.3) is 0 Å². The number of halogens is 2. The van der Waals surface area contributed by atoms with Crippen LogP contribution in [0.15, 0.2) is 46.0 Å². The Morgan fingerprint density at radius 3 is 2.27 bits per heavy atom. The summed E-state index contributed by atoms with van der Waals surface area (Å²) < 4.78 is 58.9. The maximum atomic E-state index is 14.3. The van der Waals surface area contributed by atoms with E-state index in [1.54, 1.807) is 53.1 Å². The lowest BCUT2D eigenvalue weighted by Gasteiger charge is -2.40. The fraction of sp³-hybridized carbons (Fsp3) is 0.545. The minimum Gasteiger partial charge on any atom is -0.466 e. The van der Waals surface area contributed by atoms with Gasteiger partial charge in [-0.3, -0.25) is 4.79 Å². The van der Waals surface area contributed by atoms with Crippen LogP contribution in [0.4, 0.5) is 9.18 Å². The van der Waals surface area contributed by atoms with Crippen LogP contribution < -0.4 is 4.72 Å². The van der Waals surface area contributed by atoms with E-state index in [2.05, 4.69) is 9.71 Å². The number of thiazole rings is 1. The number of nitrogens with one attached hydrogen (secondary N) is 1. The first-order valence-corrected chi connectivity index (χ1v) is 18.7. The number of nitrogens with zero attached hydrogens (tertiary/aromatic N) is 3. The predicted molar refractivity (Wildman–Crippen MR) is 183 cm³/mol. The first-order chi connectivity index (χ1) is 22.8. The number of sulfonamides is 1. The zero-order chi connectivity index (χ0) is 36.3. The second-order valence-corrected chi connectivity index (χ2v) is 17.0. The van der Waals surface area contributed by atoms with Crippen LogP contribution in [0.3, 0.4) is 0 Å². The molecule has 2 aromatic rings. The molecule has 0 bridgehead atoms. The van der Waals surface area contributed by atoms with Gasteiger partial charge in [-0.2, -0.15) is 0 Å². The van der Waals surface area contributed by atoms with Gasteiger partial charge in [-0.25, -0.2) is 42.0 Å². The lowest BCUT2D eigenvalue weighted by molar-refractivity contribution is -0.154. The SMILES string of the molecule is COC(=O)C1=C(C2CCC(NS(=O)(=O)CCC(=O)OC(C)(C)C)CC2)N=C(c2nccs2)N(C(=O)OC(C)(C)C)C1c1ccc(F)cc1Cl. The van der Waals surface area contributed by atoms with Crippen molar-refractivity contribution in [3.8, 4) is 0 Å². The van der Waals surface area contributed by atoms with Crippen LogP contribution in [0.25, 0.3) is 0 Å². The van der Waals surface area contributed by atoms with Crippen LogP contribution in [0.1, 0.15) is 90.3 Å². The molecule has 1 aliphatic carbocycles. The van der Waals surface area contributed by atoms with Crippen LogP contribution in [0.2, 0.25) is 5.02 Å². The maximum absolute atomic E-state index is 14.3. The van der Waals surface area contributed by atoms with Gasteiger partial charge in [0.05, 0.1) is 30.6 Å². The second kappa shape index (κ2) is 15.2. The van der Waals surface area contributed by atoms with Gasteiger partial charge in [0, 0.05) is 28.6 Å². The van der Waals surface area contributed by atoms with Crippen molar-refractivity contribution in [1.82, 2.24) is 14.6 Å². The van der Waals surface area contributed by atoms with Crippen molar-refractivity contribution in [3.05, 3.63) is 62.5 Å². The summed E-state index contributed by atoms with van der Waals surface area (Å²) in [4.78, 5) is 50.3. The molecule has 2 heterocycles. The largest absolute Gasteiger partial charge is 0.466 e. The number of esters is 2. The maximum Gasteiger partial charge on any atom is 0.416 e. The standard InChI is InChI=1S/C33H42ClFN4O8S2/c1-32(2,3)46-24(40)14-17-49(43,44)38-21-11-8-19(9-12-21)26-25(30(41)45-7)27(22-13-10-20(35)18-23(22)34)39(31(42)47-33(4,5)6)28(37-26)29-36-15-16-48-29/h10,13,15-16,18-19,21,27,38H,8-9,11-12,14,17H2,1-7H3. The van der Waals surface area contributed by atoms with Crippen LogP contribution in [0.5, 0.6) is 0 Å². The first kappa shape index (κ1) is 38.4. The number of amides is 1. The molecular weight excluding hydrogens is 699 g/mol. The van der Waals surface area contributed by atoms with Gasteiger partial charge < -0.3 is 14.2 Å². The van der Waals surface area contributed by atoms with Crippen LogP contribution in [-0.2, 0) is 33.8 Å². The number of carbonyl (C=O) groups is 3. The molecule has 0 radical (unpaired) electrons. The van der Waals surface area contributed by atoms with Crippen molar-refractivity contribution in [2.24, 2.45) is 10.9 Å². The van der Waals surface area contributed by atoms with Gasteiger partial charge in [-0.05, 0) is 84.9 Å². The minimum absolute atomic E-state index is 0.0172. The summed E-state index contributed by atoms with van der Waals surface area (Å²) >= 11 is 7.82. The molecule has 4 rings (SSSR count). The minimum atomic E-state index is -3.80. The zero-order valence-electron chi connectivity index (χ0n) is 28.5. The van der Waals surface area contributed by atoms with E-state index in [1.165, 1.54) is 35.5 Å². The topological polar surface area (TPSA) is 154 Å². The Labute approximate surface area is 295 Å². The first-order valence-electron chi connectivity index (χ1n) is 15.8. The van der Waals surface area contributed by atoms with Gasteiger partial charge in [0.15, 0.2) is 10.8 Å². The number of ether oxygens (including phenoxy) is 3. The highest BCUT2D eigenvalue weighted by atomic mass is 35.5. The number of hydrogen-bond acceptors (Lipinski definition) is 11. The number of methoxy groups -OCH3 is 1. The van der Waals surface area contributed by atoms with Gasteiger partial charge in [-0.1, -0.05) is 17.7 Å². The molecule has 1 atom stereocenters. The number of rotatable bonds is 9. The number of amidine groups is 1. The Hall–Kier alpha value is -3.40. The molecule has 16 heteroatoms. The van der Waals surface area contributed by atoms with Gasteiger partial charge in [-0.15, -0.1) is 11.3 Å². The van der Waals surface area contributed by atoms with Crippen molar-refractivity contribution >= 4 is 56.8 Å². The van der Waals surface area contributed by atoms with E-state index in [-0.39, 0.29) is 34.3 Å². The number of allylic oxidation sites excluding steroid dienone is 1. The molecule has 1 aliphatic heterocycles. The molecule has 1 fully saturated rings. The summed E-state index contributed by atoms with van der Waals surface area (Å²) in [5.74, 6) is -2.66. The number of hydrogen-bond donors (Lipinski definition) is 1. The van der Waals surface area contributed by atoms with Crippen molar-refractivity contribution < 1.29 is 41.4 Å². The Morgan fingerprint density at radius 2 is 1.71 bits per heavy atom. The molecule has 12 nitrogen and oxygen atoms in total. The highest BCUT2D eigenvalue weighted by molar-refractivity contribution is 7.89. The summed E-state index contributed by atoms with van der Waals surface area (Å²) in [5, 5.41) is 2.04. The molecule has 1 saturated carbocycles. The third-order valence-corrected chi connectivity index (χ3v) is 10.1. The number of carbonyl (C=O) groups excluding carboxylic acids is 3. The Balaban J connectivity index is 1.72. The second-order valence-electron chi connectivity index (χ2n) is 13.8. The average molecular weight is 741 g/mol. The van der Waals surface area contributed by atoms with Crippen molar-refractivity contribution in [3.63, 3.8) is 0 Å². The average Bonchev–Trinajstić information content (AvgIpc) is 3.52. The molecule has 1 aromatic heterocycles. The molecule has 1 N–H and O–H groups in total. The Bertz CT molecular complexity index is 1730. The van der Waals surface area contributed by atoms with Crippen molar-refractivity contribution in [2.45, 2.75) is 96.9 Å². The third kappa shape index (κ3) is 10.1. The van der Waals surface area contributed by atoms with Crippen molar-refractivity contribution in [1.29, 1.82) is 0 Å². The quantitative estimate of drug-likeness (QED) is 0.230. The lowest BCUT2D eigenvalue weighted by Crippen LogP contribution is -2.48. The monoisotopic (exact) mass is 740 g/mol. The summed E-state index contributed by atoms with van der Waals surface area (Å²) in [6.07, 6.45) is 2.06. The summed E-state index contributed by atoms with van der Waals surface area (Å²) in [5.41, 5.74) is -1.08. The molecule has 0 saturated heterocycles. The van der Waals surface area contributed by atoms with E-state index < -0.39 is 62.9 Å².